The second-order valence-corrected chi connectivity index (χ2v) is 41.6. The molecule has 748 valence electrons. The second kappa shape index (κ2) is 52.2. The van der Waals surface area contributed by atoms with E-state index in [1.165, 1.54) is 0 Å². The molecule has 30 fully saturated rings. The van der Waals surface area contributed by atoms with Crippen LogP contribution in [0.1, 0.15) is 51.4 Å². The molecule has 0 aromatic carbocycles. The highest BCUT2D eigenvalue weighted by Crippen LogP contribution is 2.43. The van der Waals surface area contributed by atoms with Crippen LogP contribution in [-0.2, 0) is 124 Å². The maximum atomic E-state index is 14.0. The summed E-state index contributed by atoms with van der Waals surface area (Å²) >= 11 is 5.88. The summed E-state index contributed by atoms with van der Waals surface area (Å²) in [5.41, 5.74) is 0. The summed E-state index contributed by atoms with van der Waals surface area (Å²) in [6.45, 7) is 0. The Balaban J connectivity index is 1.13. The summed E-state index contributed by atoms with van der Waals surface area (Å²) in [5, 5.41) is 272. The van der Waals surface area contributed by atoms with Gasteiger partial charge in [0, 0.05) is 80.5 Å². The molecule has 0 saturated carbocycles. The number of carboxylic acids is 8. The minimum Gasteiger partial charge on any atom is -0.481 e. The van der Waals surface area contributed by atoms with Crippen LogP contribution in [0, 0.1) is 0 Å². The molecule has 16 bridgehead atoms. The number of sulfone groups is 1. The van der Waals surface area contributed by atoms with Crippen molar-refractivity contribution < 1.29 is 245 Å². The van der Waals surface area contributed by atoms with Crippen LogP contribution in [0.5, 0.6) is 0 Å². The van der Waals surface area contributed by atoms with Gasteiger partial charge < -0.3 is 198 Å². The first kappa shape index (κ1) is 111. The van der Waals surface area contributed by atoms with E-state index >= 15 is 0 Å². The Kier molecular flexibility index (Phi) is 44.4. The van der Waals surface area contributed by atoms with Gasteiger partial charge in [-0.25, -0.2) is 8.42 Å². The Morgan fingerprint density at radius 1 is 0.192 bits per heavy atom. The monoisotopic (exact) mass is 2030 g/mol. The molecule has 0 aliphatic carbocycles. The quantitative estimate of drug-likeness (QED) is 0.0253. The smallest absolute Gasteiger partial charge is 0.304 e. The third kappa shape index (κ3) is 30.9. The molecular weight excluding hydrogens is 1920 g/mol. The molecule has 58 heteroatoms. The molecule has 30 rings (SSSR count). The highest BCUT2D eigenvalue weighted by Gasteiger charge is 2.61. The fourth-order valence-electron chi connectivity index (χ4n) is 14.9. The van der Waals surface area contributed by atoms with Crippen molar-refractivity contribution in [1.82, 2.24) is 0 Å². The van der Waals surface area contributed by atoms with Crippen molar-refractivity contribution in [3.8, 4) is 0 Å². The fraction of sp³-hybridized carbons (Fsp3) is 0.889. The van der Waals surface area contributed by atoms with Crippen molar-refractivity contribution in [2.24, 2.45) is 0 Å². The summed E-state index contributed by atoms with van der Waals surface area (Å²) in [4.78, 5) is 94.4. The van der Waals surface area contributed by atoms with Gasteiger partial charge in [-0.15, -0.1) is 0 Å². The first-order valence-corrected chi connectivity index (χ1v) is 50.7. The number of aliphatic carboxylic acids is 8. The third-order valence-corrected chi connectivity index (χ3v) is 30.8. The van der Waals surface area contributed by atoms with Crippen molar-refractivity contribution in [2.45, 2.75) is 297 Å². The Morgan fingerprint density at radius 2 is 0.323 bits per heavy atom. The predicted octanol–water partition coefficient (Wildman–Crippen LogP) is -9.00. The molecule has 0 amide bonds. The lowest BCUT2D eigenvalue weighted by Crippen LogP contribution is -2.69. The summed E-state index contributed by atoms with van der Waals surface area (Å²) in [7, 11) is -4.77. The maximum absolute atomic E-state index is 14.0. The van der Waals surface area contributed by atoms with Gasteiger partial charge in [-0.3, -0.25) is 38.4 Å². The van der Waals surface area contributed by atoms with E-state index in [1.807, 2.05) is 0 Å². The van der Waals surface area contributed by atoms with Crippen LogP contribution >= 0.6 is 82.3 Å². The lowest BCUT2D eigenvalue weighted by atomic mass is 9.95. The maximum Gasteiger partial charge on any atom is 0.304 e. The molecule has 0 spiro atoms. The van der Waals surface area contributed by atoms with Gasteiger partial charge in [-0.05, 0) is 0 Å². The van der Waals surface area contributed by atoms with Gasteiger partial charge in [-0.2, -0.15) is 82.3 Å². The van der Waals surface area contributed by atoms with E-state index in [0.29, 0.717) is 0 Å². The fourth-order valence-corrected chi connectivity index (χ4v) is 23.2. The second-order valence-electron chi connectivity index (χ2n) is 31.3. The van der Waals surface area contributed by atoms with E-state index in [9.17, 15) is 169 Å². The summed E-state index contributed by atoms with van der Waals surface area (Å²) in [6, 6.07) is 0. The van der Waals surface area contributed by atoms with Gasteiger partial charge in [0.2, 0.25) is 0 Å². The van der Waals surface area contributed by atoms with Crippen LogP contribution in [0.15, 0.2) is 0 Å². The van der Waals surface area contributed by atoms with E-state index in [0.717, 1.165) is 82.3 Å². The third-order valence-electron chi connectivity index (χ3n) is 21.7. The minimum absolute atomic E-state index is 0.173. The molecule has 0 aromatic rings. The van der Waals surface area contributed by atoms with Gasteiger partial charge in [0.05, 0.1) is 106 Å². The van der Waals surface area contributed by atoms with Crippen LogP contribution in [0.2, 0.25) is 0 Å². The minimum atomic E-state index is -4.77. The van der Waals surface area contributed by atoms with E-state index in [-0.39, 0.29) is 40.3 Å². The standard InChI is InChI=1S/C72H112O50S8/c73-33(74)1-9-123-17-25-57-41(89)49(97)65(107-25)116-58-26(18-124-10-2-34(75)76)109-67(51(99)43(58)91)118-60-28(20-126-12-4-36(79)80)111-69(53(101)45(60)93)120-62-30(22-128-14-6-38(83)84)113-71(55(103)47(62)95)122-64-32(24-130(105,106)16-8-40(87)88)114-72(56(104)48(64)96)121-63-31(23-129-15-7-39(85)86)112-70(54(102)46(63)94)119-61-29(21-127-13-5-37(81)82)110-68(52(100)44(61)92)117-59-27(19-125-11-3-35(77)78)108-66(115-57)50(98)42(59)90/h25-32,41-72,89-104H,1-24H2,(H,73,74)(H,75,76)(H,77,78)(H,79,80)(H,81,82)(H,83,84)(H,85,86)(H,87,88)/t25-,26-,27-,28-,29-,30-,31-,32-,41-,42-,43-,44-,45-,46-,47-,48-,49-,50-,51-,52-,53-,54-,55-,56-,57-,58-,59-,60-,61-,62-,63-,64-,65-,66-,67-,68-,69-,70-,71-,72-/m1/s1. The average molecular weight is 2030 g/mol. The molecule has 50 nitrogen and oxygen atoms in total. The van der Waals surface area contributed by atoms with Crippen LogP contribution in [0.4, 0.5) is 0 Å². The molecule has 30 heterocycles. The first-order chi connectivity index (χ1) is 61.4. The van der Waals surface area contributed by atoms with Crippen molar-refractivity contribution in [3.05, 3.63) is 0 Å². The molecule has 0 radical (unpaired) electrons. The van der Waals surface area contributed by atoms with E-state index in [2.05, 4.69) is 0 Å². The Hall–Kier alpha value is -3.12. The number of hydrogen-bond acceptors (Lipinski definition) is 49. The van der Waals surface area contributed by atoms with Crippen LogP contribution < -0.4 is 0 Å². The van der Waals surface area contributed by atoms with Gasteiger partial charge in [-0.1, -0.05) is 0 Å². The number of thioether (sulfide) groups is 7. The van der Waals surface area contributed by atoms with E-state index < -0.39 is 406 Å². The van der Waals surface area contributed by atoms with Crippen LogP contribution in [-0.4, -0.2) is 516 Å². The Morgan fingerprint density at radius 3 is 0.462 bits per heavy atom. The lowest BCUT2D eigenvalue weighted by Gasteiger charge is -2.51. The SMILES string of the molecule is O=C(O)CCSC[C@H]1O[C@@H]2O[C@H]3[C@H](O)[C@@H](O)[C@@H](O[C@H]4[C@H](O)[C@@H](O)[C@@H](O[C@H]5[C@H](O)[C@@H](O)[C@@H](O[C@H]6[C@H](O)[C@@H](O)[C@@H](O[C@H]7[C@H](O)[C@@H](O)[C@@H](O[C@H]8[C@H](O)[C@@H](O)[C@@H](O[C@H]9[C@H](O)[C@@H](O)[C@@H](O[C@H]1[C@H](O)[C@H]2O)O[C@@H]9CSCCC(=O)O)O[C@@H]8CSCCC(=O)O)O[C@@H]7CSCCC(=O)O)O[C@@H]6CS(=O)(=O)CCC(=O)O)O[C@@H]5CSCCC(=O)O)O[C@@H]4CSCCC(=O)O)O[C@@H]3CSCCC(=O)O. The molecule has 30 saturated heterocycles. The summed E-state index contributed by atoms with van der Waals surface area (Å²) < 4.78 is 127. The van der Waals surface area contributed by atoms with Crippen LogP contribution in [0.3, 0.4) is 0 Å². The largest absolute Gasteiger partial charge is 0.481 e. The normalized spacial score (nSPS) is 41.2. The highest BCUT2D eigenvalue weighted by atomic mass is 32.2. The zero-order chi connectivity index (χ0) is 95.4. The van der Waals surface area contributed by atoms with Crippen molar-refractivity contribution in [3.63, 3.8) is 0 Å². The predicted molar refractivity (Wildman–Crippen MR) is 442 cm³/mol. The van der Waals surface area contributed by atoms with E-state index in [1.54, 1.807) is 0 Å². The van der Waals surface area contributed by atoms with Gasteiger partial charge >= 0.3 is 47.8 Å². The van der Waals surface area contributed by atoms with Gasteiger partial charge in [0.15, 0.2) is 60.2 Å². The number of carbonyl (C=O) groups is 8. The topological polar surface area (TPSA) is 804 Å². The van der Waals surface area contributed by atoms with Crippen molar-refractivity contribution in [2.75, 3.05) is 92.0 Å². The van der Waals surface area contributed by atoms with Crippen molar-refractivity contribution in [1.29, 1.82) is 0 Å². The highest BCUT2D eigenvalue weighted by molar-refractivity contribution is 8.00. The Labute approximate surface area is 769 Å². The number of hydrogen-bond donors (Lipinski definition) is 24. The number of aliphatic hydroxyl groups excluding tert-OH is 16. The van der Waals surface area contributed by atoms with Gasteiger partial charge in [0.1, 0.15) is 153 Å². The average Bonchev–Trinajstić information content (AvgIpc) is 0.770. The number of rotatable bonds is 40. The summed E-state index contributed by atoms with van der Waals surface area (Å²) in [6.07, 6.45) is -90.7. The zero-order valence-corrected chi connectivity index (χ0v) is 75.2. The van der Waals surface area contributed by atoms with Gasteiger partial charge in [0.25, 0.3) is 0 Å². The molecule has 130 heavy (non-hydrogen) atoms. The van der Waals surface area contributed by atoms with Crippen molar-refractivity contribution >= 4 is 140 Å². The molecular formula is C72H112O50S8. The lowest BCUT2D eigenvalue weighted by molar-refractivity contribution is -0.396. The molecule has 24 N–H and O–H groups in total. The molecule has 30 aliphatic heterocycles. The molecule has 40 atom stereocenters. The first-order valence-electron chi connectivity index (χ1n) is 40.8. The Bertz CT molecular complexity index is 3600. The number of carboxylic acid groups (broad SMARTS) is 8. The molecule has 0 aromatic heterocycles. The summed E-state index contributed by atoms with van der Waals surface area (Å²) in [5.74, 6) is -17.6. The molecule has 30 aliphatic rings. The number of ether oxygens (including phenoxy) is 16. The zero-order valence-electron chi connectivity index (χ0n) is 68.7. The van der Waals surface area contributed by atoms with Crippen LogP contribution in [0.25, 0.3) is 0 Å². The van der Waals surface area contributed by atoms with E-state index in [4.69, 9.17) is 75.8 Å². The molecule has 0 unspecified atom stereocenters. The number of aliphatic hydroxyl groups is 16.